The molecule has 0 spiro atoms. The number of sulfonamides is 1. The molecule has 20 heavy (non-hydrogen) atoms. The van der Waals surface area contributed by atoms with E-state index in [0.29, 0.717) is 5.69 Å². The van der Waals surface area contributed by atoms with Crippen LogP contribution in [-0.4, -0.2) is 19.4 Å². The molecule has 0 saturated carbocycles. The monoisotopic (exact) mass is 290 g/mol. The molecule has 0 N–H and O–H groups in total. The number of rotatable bonds is 4. The van der Waals surface area contributed by atoms with Gasteiger partial charge in [0.2, 0.25) is 0 Å². The molecule has 1 heterocycles. The highest BCUT2D eigenvalue weighted by Crippen LogP contribution is 2.25. The quantitative estimate of drug-likeness (QED) is 0.869. The fourth-order valence-corrected chi connectivity index (χ4v) is 3.65. The summed E-state index contributed by atoms with van der Waals surface area (Å²) in [6, 6.07) is 10.5. The number of anilines is 1. The van der Waals surface area contributed by atoms with Gasteiger partial charge in [-0.05, 0) is 45.0 Å². The topological polar surface area (TPSA) is 50.3 Å². The first-order valence-electron chi connectivity index (χ1n) is 6.44. The zero-order valence-electron chi connectivity index (χ0n) is 11.8. The summed E-state index contributed by atoms with van der Waals surface area (Å²) >= 11 is 0. The molecule has 5 heteroatoms. The minimum atomic E-state index is -3.60. The van der Waals surface area contributed by atoms with Crippen LogP contribution in [0.25, 0.3) is 0 Å². The normalized spacial score (nSPS) is 11.6. The van der Waals surface area contributed by atoms with Gasteiger partial charge in [-0.15, -0.1) is 0 Å². The summed E-state index contributed by atoms with van der Waals surface area (Å²) in [7, 11) is -3.60. The number of aryl methyl sites for hydroxylation is 1. The number of pyridine rings is 1. The maximum Gasteiger partial charge on any atom is 0.266 e. The number of hydrogen-bond donors (Lipinski definition) is 0. The standard InChI is InChI=1S/C15H18N2O2S/c1-12(2)17(14-8-6-13(3)7-9-14)20(18,19)15-5-4-10-16-11-15/h4-12H,1-3H3. The second kappa shape index (κ2) is 5.63. The second-order valence-electron chi connectivity index (χ2n) is 4.92. The fraction of sp³-hybridized carbons (Fsp3) is 0.267. The molecular formula is C15H18N2O2S. The van der Waals surface area contributed by atoms with Crippen LogP contribution in [0.2, 0.25) is 0 Å². The van der Waals surface area contributed by atoms with Crippen LogP contribution in [-0.2, 0) is 10.0 Å². The van der Waals surface area contributed by atoms with Crippen molar-refractivity contribution in [1.82, 2.24) is 4.98 Å². The van der Waals surface area contributed by atoms with Crippen molar-refractivity contribution in [2.45, 2.75) is 31.7 Å². The average molecular weight is 290 g/mol. The van der Waals surface area contributed by atoms with Gasteiger partial charge in [0.1, 0.15) is 4.90 Å². The SMILES string of the molecule is Cc1ccc(N(C(C)C)S(=O)(=O)c2cccnc2)cc1. The van der Waals surface area contributed by atoms with Crippen molar-refractivity contribution in [3.05, 3.63) is 54.4 Å². The maximum atomic E-state index is 12.7. The van der Waals surface area contributed by atoms with Crippen LogP contribution >= 0.6 is 0 Å². The van der Waals surface area contributed by atoms with E-state index in [1.807, 2.05) is 45.0 Å². The molecule has 0 aliphatic heterocycles. The molecule has 2 rings (SSSR count). The Balaban J connectivity index is 2.52. The molecule has 0 bridgehead atoms. The van der Waals surface area contributed by atoms with E-state index in [-0.39, 0.29) is 10.9 Å². The van der Waals surface area contributed by atoms with Crippen LogP contribution in [0.1, 0.15) is 19.4 Å². The van der Waals surface area contributed by atoms with E-state index >= 15 is 0 Å². The summed E-state index contributed by atoms with van der Waals surface area (Å²) in [5.41, 5.74) is 1.76. The van der Waals surface area contributed by atoms with E-state index in [2.05, 4.69) is 4.98 Å². The highest BCUT2D eigenvalue weighted by Gasteiger charge is 2.27. The van der Waals surface area contributed by atoms with E-state index in [1.54, 1.807) is 18.3 Å². The van der Waals surface area contributed by atoms with Crippen molar-refractivity contribution >= 4 is 15.7 Å². The van der Waals surface area contributed by atoms with Crippen LogP contribution < -0.4 is 4.31 Å². The molecule has 0 saturated heterocycles. The summed E-state index contributed by atoms with van der Waals surface area (Å²) in [5, 5.41) is 0. The van der Waals surface area contributed by atoms with E-state index in [9.17, 15) is 8.42 Å². The number of benzene rings is 1. The Kier molecular flexibility index (Phi) is 4.09. The maximum absolute atomic E-state index is 12.7. The lowest BCUT2D eigenvalue weighted by molar-refractivity contribution is 0.584. The van der Waals surface area contributed by atoms with E-state index in [4.69, 9.17) is 0 Å². The van der Waals surface area contributed by atoms with Gasteiger partial charge >= 0.3 is 0 Å². The van der Waals surface area contributed by atoms with Crippen LogP contribution in [0.3, 0.4) is 0 Å². The van der Waals surface area contributed by atoms with Gasteiger partial charge in [-0.25, -0.2) is 8.42 Å². The van der Waals surface area contributed by atoms with Gasteiger partial charge in [0.05, 0.1) is 5.69 Å². The third kappa shape index (κ3) is 2.82. The van der Waals surface area contributed by atoms with Crippen molar-refractivity contribution in [1.29, 1.82) is 0 Å². The summed E-state index contributed by atoms with van der Waals surface area (Å²) in [6.45, 7) is 5.68. The Labute approximate surface area is 120 Å². The highest BCUT2D eigenvalue weighted by atomic mass is 32.2. The van der Waals surface area contributed by atoms with Gasteiger partial charge in [-0.2, -0.15) is 0 Å². The predicted molar refractivity (Wildman–Crippen MR) is 80.2 cm³/mol. The molecule has 0 fully saturated rings. The minimum absolute atomic E-state index is 0.178. The smallest absolute Gasteiger partial charge is 0.264 e. The van der Waals surface area contributed by atoms with Gasteiger partial charge < -0.3 is 0 Å². The molecule has 0 radical (unpaired) electrons. The van der Waals surface area contributed by atoms with E-state index < -0.39 is 10.0 Å². The molecule has 1 aromatic heterocycles. The first-order chi connectivity index (χ1) is 9.43. The Hall–Kier alpha value is -1.88. The fourth-order valence-electron chi connectivity index (χ4n) is 2.02. The van der Waals surface area contributed by atoms with Crippen molar-refractivity contribution < 1.29 is 8.42 Å². The molecule has 4 nitrogen and oxygen atoms in total. The molecule has 2 aromatic rings. The molecule has 0 aliphatic rings. The molecule has 0 atom stereocenters. The second-order valence-corrected chi connectivity index (χ2v) is 6.73. The Morgan fingerprint density at radius 1 is 1.10 bits per heavy atom. The lowest BCUT2D eigenvalue weighted by atomic mass is 10.2. The predicted octanol–water partition coefficient (Wildman–Crippen LogP) is 2.99. The zero-order chi connectivity index (χ0) is 14.8. The molecular weight excluding hydrogens is 272 g/mol. The average Bonchev–Trinajstić information content (AvgIpc) is 2.41. The zero-order valence-corrected chi connectivity index (χ0v) is 12.6. The van der Waals surface area contributed by atoms with Crippen molar-refractivity contribution in [2.24, 2.45) is 0 Å². The van der Waals surface area contributed by atoms with Gasteiger partial charge in [0.15, 0.2) is 0 Å². The third-order valence-corrected chi connectivity index (χ3v) is 4.94. The van der Waals surface area contributed by atoms with E-state index in [0.717, 1.165) is 5.56 Å². The number of nitrogens with zero attached hydrogens (tertiary/aromatic N) is 2. The minimum Gasteiger partial charge on any atom is -0.264 e. The molecule has 0 unspecified atom stereocenters. The lowest BCUT2D eigenvalue weighted by Crippen LogP contribution is -2.37. The first-order valence-corrected chi connectivity index (χ1v) is 7.88. The summed E-state index contributed by atoms with van der Waals surface area (Å²) < 4.78 is 26.9. The molecule has 0 amide bonds. The van der Waals surface area contributed by atoms with Gasteiger partial charge in [-0.3, -0.25) is 9.29 Å². The summed E-state index contributed by atoms with van der Waals surface area (Å²) in [6.07, 6.45) is 2.93. The van der Waals surface area contributed by atoms with Crippen LogP contribution in [0.15, 0.2) is 53.7 Å². The Bertz CT molecular complexity index is 665. The first kappa shape index (κ1) is 14.5. The largest absolute Gasteiger partial charge is 0.266 e. The van der Waals surface area contributed by atoms with Gasteiger partial charge in [-0.1, -0.05) is 17.7 Å². The van der Waals surface area contributed by atoms with Gasteiger partial charge in [0.25, 0.3) is 10.0 Å². The highest BCUT2D eigenvalue weighted by molar-refractivity contribution is 7.92. The lowest BCUT2D eigenvalue weighted by Gasteiger charge is -2.28. The molecule has 0 aliphatic carbocycles. The molecule has 1 aromatic carbocycles. The van der Waals surface area contributed by atoms with Crippen molar-refractivity contribution in [3.63, 3.8) is 0 Å². The van der Waals surface area contributed by atoms with Crippen LogP contribution in [0, 0.1) is 6.92 Å². The Morgan fingerprint density at radius 2 is 1.75 bits per heavy atom. The van der Waals surface area contributed by atoms with Crippen LogP contribution in [0.5, 0.6) is 0 Å². The Morgan fingerprint density at radius 3 is 2.25 bits per heavy atom. The van der Waals surface area contributed by atoms with Crippen LogP contribution in [0.4, 0.5) is 5.69 Å². The van der Waals surface area contributed by atoms with Crippen molar-refractivity contribution in [3.8, 4) is 0 Å². The molecule has 106 valence electrons. The van der Waals surface area contributed by atoms with Crippen molar-refractivity contribution in [2.75, 3.05) is 4.31 Å². The van der Waals surface area contributed by atoms with E-state index in [1.165, 1.54) is 10.5 Å². The summed E-state index contributed by atoms with van der Waals surface area (Å²) in [4.78, 5) is 4.10. The van der Waals surface area contributed by atoms with Gasteiger partial charge in [0, 0.05) is 18.4 Å². The third-order valence-electron chi connectivity index (χ3n) is 2.95. The number of aromatic nitrogens is 1. The number of hydrogen-bond acceptors (Lipinski definition) is 3. The summed E-state index contributed by atoms with van der Waals surface area (Å²) in [5.74, 6) is 0.